The zero-order valence-electron chi connectivity index (χ0n) is 19.9. The van der Waals surface area contributed by atoms with Gasteiger partial charge in [0.15, 0.2) is 5.13 Å². The van der Waals surface area contributed by atoms with Crippen molar-refractivity contribution in [3.8, 4) is 11.5 Å². The van der Waals surface area contributed by atoms with Crippen molar-refractivity contribution in [3.05, 3.63) is 40.1 Å². The number of methoxy groups -OCH3 is 2. The van der Waals surface area contributed by atoms with Crippen LogP contribution in [0.1, 0.15) is 11.3 Å². The first kappa shape index (κ1) is 24.1. The van der Waals surface area contributed by atoms with E-state index in [2.05, 4.69) is 9.88 Å². The molecule has 34 heavy (non-hydrogen) atoms. The fraction of sp³-hybridized carbons (Fsp3) is 0.478. The Morgan fingerprint density at radius 3 is 2.59 bits per heavy atom. The van der Waals surface area contributed by atoms with Gasteiger partial charge in [-0.2, -0.15) is 0 Å². The number of ether oxygens (including phenoxy) is 3. The van der Waals surface area contributed by atoms with Gasteiger partial charge >= 0.3 is 0 Å². The van der Waals surface area contributed by atoms with E-state index in [-0.39, 0.29) is 18.0 Å². The molecule has 1 amide bonds. The van der Waals surface area contributed by atoms with Crippen molar-refractivity contribution < 1.29 is 19.0 Å². The van der Waals surface area contributed by atoms with Crippen LogP contribution in [-0.4, -0.2) is 79.0 Å². The smallest absolute Gasteiger partial charge is 0.256 e. The molecule has 3 heterocycles. The molecule has 1 fully saturated rings. The highest BCUT2D eigenvalue weighted by atomic mass is 32.1. The number of benzene rings is 1. The molecule has 0 radical (unpaired) electrons. The third-order valence-corrected chi connectivity index (χ3v) is 7.09. The van der Waals surface area contributed by atoms with Crippen molar-refractivity contribution in [1.29, 1.82) is 0 Å². The summed E-state index contributed by atoms with van der Waals surface area (Å²) >= 11 is 1.36. The second-order valence-electron chi connectivity index (χ2n) is 8.03. The number of thiazole rings is 1. The first-order chi connectivity index (χ1) is 16.4. The lowest BCUT2D eigenvalue weighted by Crippen LogP contribution is -2.44. The molecule has 2 aromatic heterocycles. The zero-order valence-corrected chi connectivity index (χ0v) is 20.7. The maximum absolute atomic E-state index is 13.5. The Morgan fingerprint density at radius 2 is 1.88 bits per heavy atom. The van der Waals surface area contributed by atoms with E-state index in [1.165, 1.54) is 22.2 Å². The molecule has 0 N–H and O–H groups in total. The van der Waals surface area contributed by atoms with Gasteiger partial charge in [0.1, 0.15) is 28.3 Å². The van der Waals surface area contributed by atoms with Crippen LogP contribution in [0.5, 0.6) is 11.5 Å². The molecule has 3 aromatic rings. The Morgan fingerprint density at radius 1 is 1.18 bits per heavy atom. The number of nitrogens with zero attached hydrogens (tertiary/aromatic N) is 5. The monoisotopic (exact) mass is 487 g/mol. The lowest BCUT2D eigenvalue weighted by molar-refractivity contribution is -0.119. The Labute approximate surface area is 201 Å². The predicted molar refractivity (Wildman–Crippen MR) is 130 cm³/mol. The minimum atomic E-state index is -0.239. The van der Waals surface area contributed by atoms with Crippen molar-refractivity contribution in [2.45, 2.75) is 20.4 Å². The predicted octanol–water partition coefficient (Wildman–Crippen LogP) is 1.85. The van der Waals surface area contributed by atoms with Gasteiger partial charge < -0.3 is 14.2 Å². The van der Waals surface area contributed by atoms with E-state index in [1.54, 1.807) is 39.0 Å². The van der Waals surface area contributed by atoms with Crippen LogP contribution in [-0.2, 0) is 16.1 Å². The normalized spacial score (nSPS) is 14.4. The van der Waals surface area contributed by atoms with E-state index in [1.807, 2.05) is 6.07 Å². The molecule has 0 bridgehead atoms. The molecule has 0 saturated carbocycles. The number of amides is 1. The van der Waals surface area contributed by atoms with Gasteiger partial charge in [-0.05, 0) is 26.0 Å². The Balaban J connectivity index is 1.68. The summed E-state index contributed by atoms with van der Waals surface area (Å²) in [6, 6.07) is 3.62. The number of carbonyl (C=O) groups is 1. The molecule has 1 aliphatic heterocycles. The van der Waals surface area contributed by atoms with Crippen LogP contribution in [0.15, 0.2) is 23.3 Å². The molecular formula is C23H29N5O5S. The number of carbonyl (C=O) groups excluding carboxylic acids is 1. The molecule has 11 heteroatoms. The van der Waals surface area contributed by atoms with Gasteiger partial charge in [0.05, 0.1) is 33.8 Å². The highest BCUT2D eigenvalue weighted by Gasteiger charge is 2.24. The minimum Gasteiger partial charge on any atom is -0.495 e. The van der Waals surface area contributed by atoms with Crippen molar-refractivity contribution in [2.75, 3.05) is 58.5 Å². The fourth-order valence-corrected chi connectivity index (χ4v) is 4.92. The van der Waals surface area contributed by atoms with E-state index in [0.29, 0.717) is 59.7 Å². The Bertz CT molecular complexity index is 1190. The van der Waals surface area contributed by atoms with E-state index in [9.17, 15) is 9.59 Å². The standard InChI is InChI=1S/C23H29N5O5S/c1-15-16(2)24-14-27(22(15)30)13-19(29)28(8-7-26-9-11-33-12-10-26)23-25-20-17(31-3)5-6-18(32-4)21(20)34-23/h5-6,14H,7-13H2,1-4H3. The molecule has 1 saturated heterocycles. The van der Waals surface area contributed by atoms with Crippen LogP contribution in [0, 0.1) is 13.8 Å². The van der Waals surface area contributed by atoms with Crippen molar-refractivity contribution in [2.24, 2.45) is 0 Å². The van der Waals surface area contributed by atoms with Gasteiger partial charge in [-0.25, -0.2) is 9.97 Å². The number of fused-ring (bicyclic) bond motifs is 1. The van der Waals surface area contributed by atoms with Crippen LogP contribution >= 0.6 is 11.3 Å². The molecule has 0 unspecified atom stereocenters. The molecular weight excluding hydrogens is 458 g/mol. The van der Waals surface area contributed by atoms with Crippen LogP contribution < -0.4 is 19.9 Å². The first-order valence-corrected chi connectivity index (χ1v) is 11.9. The number of hydrogen-bond acceptors (Lipinski definition) is 9. The van der Waals surface area contributed by atoms with Crippen molar-refractivity contribution >= 4 is 32.6 Å². The van der Waals surface area contributed by atoms with Gasteiger partial charge in [-0.15, -0.1) is 0 Å². The number of morpholine rings is 1. The average molecular weight is 488 g/mol. The summed E-state index contributed by atoms with van der Waals surface area (Å²) in [5, 5.41) is 0.529. The number of rotatable bonds is 8. The minimum absolute atomic E-state index is 0.125. The number of aromatic nitrogens is 3. The average Bonchev–Trinajstić information content (AvgIpc) is 3.29. The van der Waals surface area contributed by atoms with Crippen LogP contribution in [0.2, 0.25) is 0 Å². The quantitative estimate of drug-likeness (QED) is 0.475. The summed E-state index contributed by atoms with van der Waals surface area (Å²) < 4.78 is 18.6. The lowest BCUT2D eigenvalue weighted by atomic mass is 10.3. The topological polar surface area (TPSA) is 99.0 Å². The molecule has 1 aliphatic rings. The summed E-state index contributed by atoms with van der Waals surface area (Å²) in [6.45, 7) is 7.43. The maximum Gasteiger partial charge on any atom is 0.256 e. The highest BCUT2D eigenvalue weighted by molar-refractivity contribution is 7.22. The van der Waals surface area contributed by atoms with Gasteiger partial charge in [-0.1, -0.05) is 11.3 Å². The maximum atomic E-state index is 13.5. The summed E-state index contributed by atoms with van der Waals surface area (Å²) in [4.78, 5) is 39.1. The lowest BCUT2D eigenvalue weighted by Gasteiger charge is -2.29. The molecule has 10 nitrogen and oxygen atoms in total. The zero-order chi connectivity index (χ0) is 24.2. The second kappa shape index (κ2) is 10.5. The molecule has 0 atom stereocenters. The molecule has 4 rings (SSSR count). The molecule has 182 valence electrons. The first-order valence-electron chi connectivity index (χ1n) is 11.1. The number of anilines is 1. The number of hydrogen-bond donors (Lipinski definition) is 0. The van der Waals surface area contributed by atoms with E-state index < -0.39 is 0 Å². The molecule has 0 aliphatic carbocycles. The van der Waals surface area contributed by atoms with E-state index >= 15 is 0 Å². The van der Waals surface area contributed by atoms with Gasteiger partial charge in [0.25, 0.3) is 5.56 Å². The second-order valence-corrected chi connectivity index (χ2v) is 9.01. The largest absolute Gasteiger partial charge is 0.495 e. The SMILES string of the molecule is COc1ccc(OC)c2sc(N(CCN3CCOCC3)C(=O)Cn3cnc(C)c(C)c3=O)nc12. The Kier molecular flexibility index (Phi) is 7.44. The summed E-state index contributed by atoms with van der Waals surface area (Å²) in [7, 11) is 3.18. The third kappa shape index (κ3) is 4.91. The van der Waals surface area contributed by atoms with Gasteiger partial charge in [0.2, 0.25) is 5.91 Å². The highest BCUT2D eigenvalue weighted by Crippen LogP contribution is 2.40. The van der Waals surface area contributed by atoms with Crippen LogP contribution in [0.25, 0.3) is 10.2 Å². The Hall–Kier alpha value is -3.02. The van der Waals surface area contributed by atoms with Crippen molar-refractivity contribution in [3.63, 3.8) is 0 Å². The third-order valence-electron chi connectivity index (χ3n) is 6.00. The molecule has 0 spiro atoms. The number of aryl methyl sites for hydroxylation is 1. The van der Waals surface area contributed by atoms with E-state index in [0.717, 1.165) is 17.8 Å². The fourth-order valence-electron chi connectivity index (χ4n) is 3.80. The van der Waals surface area contributed by atoms with Gasteiger partial charge in [-0.3, -0.25) is 24.0 Å². The summed E-state index contributed by atoms with van der Waals surface area (Å²) in [5.74, 6) is 1.03. The van der Waals surface area contributed by atoms with Crippen LogP contribution in [0.4, 0.5) is 5.13 Å². The van der Waals surface area contributed by atoms with Crippen LogP contribution in [0.3, 0.4) is 0 Å². The summed E-state index contributed by atoms with van der Waals surface area (Å²) in [5.41, 5.74) is 1.60. The summed E-state index contributed by atoms with van der Waals surface area (Å²) in [6.07, 6.45) is 1.42. The van der Waals surface area contributed by atoms with Gasteiger partial charge in [0, 0.05) is 37.4 Å². The van der Waals surface area contributed by atoms with Crippen molar-refractivity contribution in [1.82, 2.24) is 19.4 Å². The van der Waals surface area contributed by atoms with E-state index in [4.69, 9.17) is 19.2 Å². The molecule has 1 aromatic carbocycles.